The summed E-state index contributed by atoms with van der Waals surface area (Å²) in [4.78, 5) is 211. The average Bonchev–Trinajstić information content (AvgIpc) is 1.65. The van der Waals surface area contributed by atoms with Gasteiger partial charge in [-0.25, -0.2) is 0 Å². The van der Waals surface area contributed by atoms with Gasteiger partial charge < -0.3 is 107 Å². The fraction of sp³-hybridized carbons (Fsp3) is 0.490. The number of amides is 14. The largest absolute Gasteiger partial charge is 0.370 e. The van der Waals surface area contributed by atoms with Crippen LogP contribution in [0.15, 0.2) is 162 Å². The normalized spacial score (nSPS) is 22.1. The van der Waals surface area contributed by atoms with Crippen molar-refractivity contribution in [2.75, 3.05) is 26.2 Å². The number of fused-ring (bicyclic) bond motifs is 2. The van der Waals surface area contributed by atoms with E-state index in [1.807, 2.05) is 140 Å². The Kier molecular flexibility index (Phi) is 40.1. The van der Waals surface area contributed by atoms with Gasteiger partial charge in [0.05, 0.1) is 0 Å². The maximum absolute atomic E-state index is 14.8. The number of aliphatic imine (C=N–C) groups is 2. The van der Waals surface area contributed by atoms with E-state index in [9.17, 15) is 67.1 Å². The summed E-state index contributed by atoms with van der Waals surface area (Å²) in [6.07, 6.45) is 15.5. The summed E-state index contributed by atoms with van der Waals surface area (Å²) in [5.74, 6) is -8.57. The van der Waals surface area contributed by atoms with Crippen LogP contribution in [0.2, 0.25) is 0 Å². The highest BCUT2D eigenvalue weighted by atomic mass is 16.2. The van der Waals surface area contributed by atoms with Crippen LogP contribution in [-0.2, 0) is 99.2 Å². The number of nitrogens with zero attached hydrogens (tertiary/aromatic N) is 2. The summed E-state index contributed by atoms with van der Waals surface area (Å²) in [5, 5.41) is 41.8. The zero-order valence-electron chi connectivity index (χ0n) is 77.0. The maximum Gasteiger partial charge on any atom is 0.243 e. The van der Waals surface area contributed by atoms with E-state index < -0.39 is 161 Å². The standard InChI is InChI=1S/C51H67N11O7.C47H67N11O7/c1-32(63)57-41(27-33-15-5-2-6-16-33)47(66)59-40-24-13-25-54-45(64)39(23-14-26-55-51(52)53)58-50(69)44(30-36-31-56-38-22-12-11-21-37(36)38)62-49(68)43(29-35-19-9-4-10-20-35)61-48(67)42(60-46(40)65)28-34-17-7-3-8-18-34;1-28(2)40-46(65)57-38(25-31-16-8-5-9-17-31)44(63)56-39(26-32-27-52-34-19-11-10-18-33(32)34)45(64)54-35(20-13-23-51-47(48)49)41(60)50-22-12-21-36(42(61)58-40)55-43(62)37(53-29(3)59)24-30-14-6-4-7-15-30/h2-3,5-8,11-12,15-18,21-22,31,35,39-44,56H,4,9-10,13-14,19-20,23-30H2,1H3,(H,54,64)(H,57,63)(H,58,69)(H,59,66)(H,60,65)(H,61,67)(H,62,68)(H4,52,53,55);4,6-7,10-11,14-15,18-19,27-28,31,35-40,52H,5,8-9,12-13,16-17,20-26H2,1-3H3,(H,50,60)(H,53,59)(H,54,64)(H,55,62)(H,56,63)(H,57,65)(H,58,61)(H4,48,49,51)/t39-,40-,41-,42-,43+,44-;35-,36-,37-,38+,39-,40-/m00/s1. The Morgan fingerprint density at radius 2 is 0.716 bits per heavy atom. The number of hydrogen-bond acceptors (Lipinski definition) is 16. The van der Waals surface area contributed by atoms with E-state index in [0.717, 1.165) is 114 Å². The topological polar surface area (TPSA) is 568 Å². The number of benzene rings is 5. The van der Waals surface area contributed by atoms with E-state index in [4.69, 9.17) is 22.9 Å². The van der Waals surface area contributed by atoms with E-state index in [2.05, 4.69) is 94.4 Å². The van der Waals surface area contributed by atoms with Gasteiger partial charge in [0, 0.05) is 106 Å². The van der Waals surface area contributed by atoms with Gasteiger partial charge in [0.15, 0.2) is 11.9 Å². The van der Waals surface area contributed by atoms with E-state index >= 15 is 0 Å². The molecule has 4 heterocycles. The first-order valence-corrected chi connectivity index (χ1v) is 47.0. The van der Waals surface area contributed by atoms with Crippen LogP contribution in [0.1, 0.15) is 184 Å². The lowest BCUT2D eigenvalue weighted by Gasteiger charge is -2.31. The lowest BCUT2D eigenvalue weighted by Crippen LogP contribution is -2.61. The third kappa shape index (κ3) is 32.9. The zero-order valence-corrected chi connectivity index (χ0v) is 77.0. The summed E-state index contributed by atoms with van der Waals surface area (Å²) in [6.45, 7) is 6.57. The van der Waals surface area contributed by atoms with Crippen molar-refractivity contribution in [3.63, 3.8) is 0 Å². The molecule has 2 aliphatic heterocycles. The van der Waals surface area contributed by atoms with Gasteiger partial charge >= 0.3 is 0 Å². The summed E-state index contributed by atoms with van der Waals surface area (Å²) in [7, 11) is 0. The first-order chi connectivity index (χ1) is 64.5. The second-order valence-corrected chi connectivity index (χ2v) is 35.7. The number of rotatable bonds is 29. The summed E-state index contributed by atoms with van der Waals surface area (Å²) < 4.78 is 0. The molecule has 24 N–H and O–H groups in total. The molecule has 4 fully saturated rings. The third-order valence-electron chi connectivity index (χ3n) is 24.8. The summed E-state index contributed by atoms with van der Waals surface area (Å²) >= 11 is 0. The molecule has 11 rings (SSSR count). The molecule has 5 aromatic carbocycles. The molecule has 14 amide bonds. The third-order valence-corrected chi connectivity index (χ3v) is 24.8. The van der Waals surface area contributed by atoms with Crippen molar-refractivity contribution in [3.05, 3.63) is 180 Å². The number of hydrogen-bond donors (Lipinski definition) is 20. The van der Waals surface area contributed by atoms with Crippen LogP contribution >= 0.6 is 0 Å². The molecule has 12 atom stereocenters. The highest BCUT2D eigenvalue weighted by Crippen LogP contribution is 2.31. The van der Waals surface area contributed by atoms with Crippen LogP contribution in [0.25, 0.3) is 21.8 Å². The van der Waals surface area contributed by atoms with Gasteiger partial charge in [0.1, 0.15) is 72.5 Å². The van der Waals surface area contributed by atoms with E-state index in [1.54, 1.807) is 26.2 Å². The van der Waals surface area contributed by atoms with E-state index in [-0.39, 0.29) is 127 Å². The molecule has 0 spiro atoms. The summed E-state index contributed by atoms with van der Waals surface area (Å²) in [5.41, 5.74) is 27.7. The van der Waals surface area contributed by atoms with Gasteiger partial charge in [0.2, 0.25) is 82.7 Å². The molecular weight excluding hydrogens is 1710 g/mol. The number of para-hydroxylation sites is 2. The van der Waals surface area contributed by atoms with Gasteiger partial charge in [0.25, 0.3) is 0 Å². The average molecular weight is 1840 g/mol. The maximum atomic E-state index is 14.8. The number of carbonyl (C=O) groups excluding carboxylic acids is 14. The van der Waals surface area contributed by atoms with Crippen molar-refractivity contribution >= 4 is 116 Å². The fourth-order valence-corrected chi connectivity index (χ4v) is 17.7. The lowest BCUT2D eigenvalue weighted by molar-refractivity contribution is -0.136. The van der Waals surface area contributed by atoms with Crippen LogP contribution in [-0.4, -0.2) is 203 Å². The Balaban J connectivity index is 0.000000278. The Bertz CT molecular complexity index is 5160. The second kappa shape index (κ2) is 52.5. The fourth-order valence-electron chi connectivity index (χ4n) is 17.7. The summed E-state index contributed by atoms with van der Waals surface area (Å²) in [6, 6.07) is 29.0. The lowest BCUT2D eigenvalue weighted by atomic mass is 9.84. The molecular formula is C98H134N22O14. The van der Waals surface area contributed by atoms with Gasteiger partial charge in [-0.15, -0.1) is 0 Å². The minimum absolute atomic E-state index is 0.0105. The highest BCUT2D eigenvalue weighted by Gasteiger charge is 2.40. The molecule has 7 aromatic rings. The molecule has 0 bridgehead atoms. The van der Waals surface area contributed by atoms with Crippen molar-refractivity contribution < 1.29 is 67.1 Å². The van der Waals surface area contributed by atoms with Crippen LogP contribution in [0, 0.1) is 17.8 Å². The smallest absolute Gasteiger partial charge is 0.243 e. The predicted molar refractivity (Wildman–Crippen MR) is 510 cm³/mol. The van der Waals surface area contributed by atoms with Crippen LogP contribution < -0.4 is 97.4 Å². The minimum Gasteiger partial charge on any atom is -0.370 e. The van der Waals surface area contributed by atoms with Crippen molar-refractivity contribution in [1.82, 2.24) is 84.4 Å². The molecule has 4 aliphatic rings. The van der Waals surface area contributed by atoms with Gasteiger partial charge in [-0.05, 0) is 122 Å². The van der Waals surface area contributed by atoms with Gasteiger partial charge in [-0.2, -0.15) is 0 Å². The van der Waals surface area contributed by atoms with Gasteiger partial charge in [-0.3, -0.25) is 77.1 Å². The number of H-pyrrole nitrogens is 2. The molecule has 2 saturated heterocycles. The molecule has 2 aliphatic carbocycles. The second-order valence-electron chi connectivity index (χ2n) is 35.7. The highest BCUT2D eigenvalue weighted by molar-refractivity contribution is 6.00. The molecule has 36 nitrogen and oxygen atoms in total. The first kappa shape index (κ1) is 102. The van der Waals surface area contributed by atoms with Crippen molar-refractivity contribution in [1.29, 1.82) is 0 Å². The Hall–Kier alpha value is -13.7. The molecule has 2 saturated carbocycles. The van der Waals surface area contributed by atoms with Crippen molar-refractivity contribution in [2.24, 2.45) is 50.7 Å². The van der Waals surface area contributed by atoms with Crippen LogP contribution in [0.4, 0.5) is 0 Å². The van der Waals surface area contributed by atoms with Gasteiger partial charge in [-0.1, -0.05) is 205 Å². The molecule has 0 unspecified atom stereocenters. The van der Waals surface area contributed by atoms with Crippen molar-refractivity contribution in [2.45, 2.75) is 261 Å². The molecule has 2 aromatic heterocycles. The quantitative estimate of drug-likeness (QED) is 0.0181. The predicted octanol–water partition coefficient (Wildman–Crippen LogP) is 3.53. The number of nitrogens with one attached hydrogen (secondary N) is 16. The number of aromatic amines is 2. The number of nitrogens with two attached hydrogens (primary N) is 4. The van der Waals surface area contributed by atoms with Crippen LogP contribution in [0.5, 0.6) is 0 Å². The molecule has 0 radical (unpaired) electrons. The Labute approximate surface area is 781 Å². The zero-order chi connectivity index (χ0) is 96.0. The number of guanidine groups is 2. The SMILES string of the molecule is CC(=O)N[C@@H](Cc1ccccc1)C(=O)N[C@H]1CCCNC(=O)[C@H](CCCN=C(N)N)NC(=O)[C@H](Cc2c[nH]c3ccccc23)NC(=O)[C@@H](CC2CCCCC2)NC(=O)[C@H](C(C)C)NC1=O.CC(=O)N[C@@H](Cc1ccccc1)C(=O)N[C@H]1CCCNC(=O)[C@H](CCCN=C(N)N)NC(=O)[C@H](Cc2c[nH]c3ccccc23)NC(=O)[C@@H](CC2CCCCC2)NC(=O)[C@H](Cc2ccccc2)NC1=O. The minimum atomic E-state index is -1.23. The van der Waals surface area contributed by atoms with E-state index in [1.165, 1.54) is 13.8 Å². The van der Waals surface area contributed by atoms with Crippen LogP contribution in [0.3, 0.4) is 0 Å². The monoisotopic (exact) mass is 1840 g/mol. The molecule has 720 valence electrons. The first-order valence-electron chi connectivity index (χ1n) is 47.0. The Morgan fingerprint density at radius 3 is 1.11 bits per heavy atom. The molecule has 134 heavy (non-hydrogen) atoms. The number of carbonyl (C=O) groups is 14. The Morgan fingerprint density at radius 1 is 0.373 bits per heavy atom. The number of aromatic nitrogens is 2. The van der Waals surface area contributed by atoms with Crippen molar-refractivity contribution in [3.8, 4) is 0 Å². The van der Waals surface area contributed by atoms with E-state index in [0.29, 0.717) is 19.3 Å². The molecule has 36 heteroatoms.